The first-order valence-electron chi connectivity index (χ1n) is 5.93. The molecule has 3 rings (SSSR count). The normalized spacial score (nSPS) is 27.9. The highest BCUT2D eigenvalue weighted by Crippen LogP contribution is 2.29. The molecule has 2 saturated heterocycles. The zero-order chi connectivity index (χ0) is 10.1. The summed E-state index contributed by atoms with van der Waals surface area (Å²) in [7, 11) is 0. The molecule has 2 aliphatic rings. The molecule has 2 heterocycles. The van der Waals surface area contributed by atoms with Gasteiger partial charge in [0.1, 0.15) is 0 Å². The Balaban J connectivity index is 1.57. The minimum atomic E-state index is 0.784. The third-order valence-electron chi connectivity index (χ3n) is 3.73. The Labute approximate surface area is 91.3 Å². The van der Waals surface area contributed by atoms with Crippen molar-refractivity contribution in [2.24, 2.45) is 0 Å². The van der Waals surface area contributed by atoms with Crippen LogP contribution in [0.4, 0.5) is 0 Å². The summed E-state index contributed by atoms with van der Waals surface area (Å²) in [5.74, 6) is 0.784. The number of nitrogens with one attached hydrogen (secondary N) is 1. The first kappa shape index (κ1) is 9.37. The van der Waals surface area contributed by atoms with Gasteiger partial charge in [0, 0.05) is 31.6 Å². The van der Waals surface area contributed by atoms with Crippen LogP contribution < -0.4 is 5.32 Å². The summed E-state index contributed by atoms with van der Waals surface area (Å²) in [6.45, 7) is 4.92. The lowest BCUT2D eigenvalue weighted by Crippen LogP contribution is -2.51. The molecule has 0 amide bonds. The van der Waals surface area contributed by atoms with E-state index in [0.29, 0.717) is 0 Å². The standard InChI is InChI=1S/C13H18N2/c1-2-4-11(5-3-1)12-9-15(10-12)13-6-7-14-8-13/h1-5,12-14H,6-10H2. The molecule has 0 spiro atoms. The molecule has 0 saturated carbocycles. The second-order valence-corrected chi connectivity index (χ2v) is 4.71. The summed E-state index contributed by atoms with van der Waals surface area (Å²) < 4.78 is 0. The molecule has 80 valence electrons. The van der Waals surface area contributed by atoms with Crippen molar-refractivity contribution < 1.29 is 0 Å². The van der Waals surface area contributed by atoms with Crippen molar-refractivity contribution >= 4 is 0 Å². The van der Waals surface area contributed by atoms with E-state index in [4.69, 9.17) is 0 Å². The fourth-order valence-corrected chi connectivity index (χ4v) is 2.70. The van der Waals surface area contributed by atoms with Crippen molar-refractivity contribution in [2.45, 2.75) is 18.4 Å². The predicted octanol–water partition coefficient (Wildman–Crippen LogP) is 1.45. The first-order chi connectivity index (χ1) is 7.43. The Bertz CT molecular complexity index is 311. The van der Waals surface area contributed by atoms with Gasteiger partial charge >= 0.3 is 0 Å². The molecule has 0 radical (unpaired) electrons. The summed E-state index contributed by atoms with van der Waals surface area (Å²) in [4.78, 5) is 2.62. The van der Waals surface area contributed by atoms with Gasteiger partial charge in [-0.25, -0.2) is 0 Å². The Kier molecular flexibility index (Phi) is 2.47. The molecule has 1 atom stereocenters. The number of benzene rings is 1. The Morgan fingerprint density at radius 3 is 2.60 bits per heavy atom. The van der Waals surface area contributed by atoms with E-state index in [9.17, 15) is 0 Å². The topological polar surface area (TPSA) is 15.3 Å². The zero-order valence-corrected chi connectivity index (χ0v) is 9.02. The van der Waals surface area contributed by atoms with Crippen LogP contribution >= 0.6 is 0 Å². The van der Waals surface area contributed by atoms with Crippen LogP contribution in [-0.2, 0) is 0 Å². The van der Waals surface area contributed by atoms with Crippen LogP contribution in [0.3, 0.4) is 0 Å². The van der Waals surface area contributed by atoms with Gasteiger partial charge in [-0.3, -0.25) is 4.90 Å². The molecule has 2 nitrogen and oxygen atoms in total. The van der Waals surface area contributed by atoms with E-state index in [0.717, 1.165) is 12.0 Å². The van der Waals surface area contributed by atoms with E-state index in [-0.39, 0.29) is 0 Å². The lowest BCUT2D eigenvalue weighted by Gasteiger charge is -2.43. The molecule has 1 aromatic carbocycles. The van der Waals surface area contributed by atoms with Crippen LogP contribution in [-0.4, -0.2) is 37.1 Å². The van der Waals surface area contributed by atoms with Gasteiger partial charge in [-0.2, -0.15) is 0 Å². The SMILES string of the molecule is c1ccc(C2CN(C3CCNC3)C2)cc1. The molecule has 0 aliphatic carbocycles. The summed E-state index contributed by atoms with van der Waals surface area (Å²) in [5, 5.41) is 3.43. The summed E-state index contributed by atoms with van der Waals surface area (Å²) in [6.07, 6.45) is 1.33. The van der Waals surface area contributed by atoms with Gasteiger partial charge in [-0.05, 0) is 18.5 Å². The maximum atomic E-state index is 3.43. The van der Waals surface area contributed by atoms with Gasteiger partial charge in [0.2, 0.25) is 0 Å². The van der Waals surface area contributed by atoms with Crippen LogP contribution in [0.5, 0.6) is 0 Å². The van der Waals surface area contributed by atoms with Crippen molar-refractivity contribution in [1.82, 2.24) is 10.2 Å². The molecular weight excluding hydrogens is 184 g/mol. The minimum Gasteiger partial charge on any atom is -0.315 e. The van der Waals surface area contributed by atoms with E-state index in [1.807, 2.05) is 0 Å². The zero-order valence-electron chi connectivity index (χ0n) is 9.02. The summed E-state index contributed by atoms with van der Waals surface area (Å²) in [6, 6.07) is 11.7. The van der Waals surface area contributed by atoms with Crippen molar-refractivity contribution in [1.29, 1.82) is 0 Å². The molecule has 2 heteroatoms. The second kappa shape index (κ2) is 3.95. The molecule has 0 aromatic heterocycles. The number of likely N-dealkylation sites (tertiary alicyclic amines) is 1. The molecule has 0 bridgehead atoms. The van der Waals surface area contributed by atoms with E-state index < -0.39 is 0 Å². The number of rotatable bonds is 2. The fourth-order valence-electron chi connectivity index (χ4n) is 2.70. The largest absolute Gasteiger partial charge is 0.315 e. The minimum absolute atomic E-state index is 0.784. The van der Waals surface area contributed by atoms with Gasteiger partial charge in [0.05, 0.1) is 0 Å². The van der Waals surface area contributed by atoms with Gasteiger partial charge in [-0.1, -0.05) is 30.3 Å². The molecule has 1 aromatic rings. The highest BCUT2D eigenvalue weighted by atomic mass is 15.2. The van der Waals surface area contributed by atoms with Gasteiger partial charge < -0.3 is 5.32 Å². The third kappa shape index (κ3) is 1.80. The Morgan fingerprint density at radius 2 is 1.93 bits per heavy atom. The van der Waals surface area contributed by atoms with Crippen molar-refractivity contribution in [3.05, 3.63) is 35.9 Å². The van der Waals surface area contributed by atoms with Gasteiger partial charge in [-0.15, -0.1) is 0 Å². The van der Waals surface area contributed by atoms with Crippen molar-refractivity contribution in [2.75, 3.05) is 26.2 Å². The highest BCUT2D eigenvalue weighted by molar-refractivity contribution is 5.23. The van der Waals surface area contributed by atoms with Crippen LogP contribution in [0.1, 0.15) is 17.9 Å². The predicted molar refractivity (Wildman–Crippen MR) is 62.0 cm³/mol. The monoisotopic (exact) mass is 202 g/mol. The molecule has 2 aliphatic heterocycles. The molecule has 1 unspecified atom stereocenters. The fraction of sp³-hybridized carbons (Fsp3) is 0.538. The Hall–Kier alpha value is -0.860. The average molecular weight is 202 g/mol. The quantitative estimate of drug-likeness (QED) is 0.781. The smallest absolute Gasteiger partial charge is 0.0233 e. The van der Waals surface area contributed by atoms with E-state index in [1.165, 1.54) is 38.2 Å². The van der Waals surface area contributed by atoms with Crippen LogP contribution in [0.25, 0.3) is 0 Å². The second-order valence-electron chi connectivity index (χ2n) is 4.71. The van der Waals surface area contributed by atoms with Crippen LogP contribution in [0.15, 0.2) is 30.3 Å². The van der Waals surface area contributed by atoms with E-state index in [1.54, 1.807) is 0 Å². The summed E-state index contributed by atoms with van der Waals surface area (Å²) in [5.41, 5.74) is 1.51. The highest BCUT2D eigenvalue weighted by Gasteiger charge is 2.33. The maximum absolute atomic E-state index is 3.43. The first-order valence-corrected chi connectivity index (χ1v) is 5.93. The number of hydrogen-bond donors (Lipinski definition) is 1. The molecular formula is C13H18N2. The number of hydrogen-bond acceptors (Lipinski definition) is 2. The molecule has 2 fully saturated rings. The van der Waals surface area contributed by atoms with Crippen LogP contribution in [0.2, 0.25) is 0 Å². The van der Waals surface area contributed by atoms with Crippen molar-refractivity contribution in [3.63, 3.8) is 0 Å². The van der Waals surface area contributed by atoms with E-state index >= 15 is 0 Å². The molecule has 1 N–H and O–H groups in total. The Morgan fingerprint density at radius 1 is 1.13 bits per heavy atom. The summed E-state index contributed by atoms with van der Waals surface area (Å²) >= 11 is 0. The maximum Gasteiger partial charge on any atom is 0.0233 e. The van der Waals surface area contributed by atoms with Gasteiger partial charge in [0.25, 0.3) is 0 Å². The molecule has 15 heavy (non-hydrogen) atoms. The van der Waals surface area contributed by atoms with Crippen LogP contribution in [0, 0.1) is 0 Å². The van der Waals surface area contributed by atoms with Crippen molar-refractivity contribution in [3.8, 4) is 0 Å². The van der Waals surface area contributed by atoms with E-state index in [2.05, 4.69) is 40.5 Å². The lowest BCUT2D eigenvalue weighted by atomic mass is 9.90. The average Bonchev–Trinajstić information content (AvgIpc) is 2.70. The number of nitrogens with zero attached hydrogens (tertiary/aromatic N) is 1. The lowest BCUT2D eigenvalue weighted by molar-refractivity contribution is 0.101. The third-order valence-corrected chi connectivity index (χ3v) is 3.73. The van der Waals surface area contributed by atoms with Gasteiger partial charge in [0.15, 0.2) is 0 Å².